The minimum absolute atomic E-state index is 0.275. The molecule has 1 aromatic carbocycles. The molecule has 104 valence electrons. The van der Waals surface area contributed by atoms with Crippen LogP contribution in [0.2, 0.25) is 5.02 Å². The summed E-state index contributed by atoms with van der Waals surface area (Å²) in [4.78, 5) is 23.8. The monoisotopic (exact) mass is 376 g/mol. The first-order chi connectivity index (χ1) is 9.40. The van der Waals surface area contributed by atoms with E-state index in [1.54, 1.807) is 0 Å². The molecular weight excluding hydrogens is 370 g/mol. The second-order valence-corrected chi connectivity index (χ2v) is 5.98. The van der Waals surface area contributed by atoms with Crippen molar-refractivity contribution in [1.82, 2.24) is 0 Å². The molecule has 0 aromatic heterocycles. The Hall–Kier alpha value is -0.970. The summed E-state index contributed by atoms with van der Waals surface area (Å²) >= 11 is 14.3. The zero-order valence-corrected chi connectivity index (χ0v) is 13.0. The summed E-state index contributed by atoms with van der Waals surface area (Å²) in [5.41, 5.74) is 0.275. The van der Waals surface area contributed by atoms with Gasteiger partial charge in [0.2, 0.25) is 5.24 Å². The van der Waals surface area contributed by atoms with Crippen LogP contribution in [0.3, 0.4) is 0 Å². The molecule has 20 heavy (non-hydrogen) atoms. The van der Waals surface area contributed by atoms with Gasteiger partial charge in [0.1, 0.15) is 5.83 Å². The van der Waals surface area contributed by atoms with Gasteiger partial charge in [-0.1, -0.05) is 33.6 Å². The van der Waals surface area contributed by atoms with Gasteiger partial charge in [-0.25, -0.2) is 4.39 Å². The van der Waals surface area contributed by atoms with Crippen molar-refractivity contribution in [2.24, 2.45) is 11.8 Å². The van der Waals surface area contributed by atoms with E-state index in [9.17, 15) is 14.0 Å². The number of benzene rings is 1. The maximum atomic E-state index is 14.1. The number of Topliss-reactive ketones (excluding diaryl/α,β-unsaturated/α-hetero) is 1. The molecule has 1 aliphatic carbocycles. The first-order valence-corrected chi connectivity index (χ1v) is 7.18. The predicted molar refractivity (Wildman–Crippen MR) is 79.8 cm³/mol. The maximum absolute atomic E-state index is 14.1. The molecule has 1 aliphatic rings. The van der Waals surface area contributed by atoms with Gasteiger partial charge in [-0.3, -0.25) is 9.59 Å². The topological polar surface area (TPSA) is 34.1 Å². The Balaban J connectivity index is 2.39. The minimum atomic E-state index is -1.23. The third kappa shape index (κ3) is 3.19. The van der Waals surface area contributed by atoms with E-state index in [4.69, 9.17) is 23.2 Å². The average Bonchev–Trinajstić information content (AvgIpc) is 2.37. The molecule has 0 aliphatic heterocycles. The van der Waals surface area contributed by atoms with Crippen LogP contribution in [0.4, 0.5) is 4.39 Å². The van der Waals surface area contributed by atoms with Crippen LogP contribution >= 0.6 is 39.1 Å². The summed E-state index contributed by atoms with van der Waals surface area (Å²) in [6, 6.07) is 6.03. The summed E-state index contributed by atoms with van der Waals surface area (Å²) in [6.07, 6.45) is 2.59. The molecule has 0 amide bonds. The van der Waals surface area contributed by atoms with Crippen molar-refractivity contribution >= 4 is 50.2 Å². The van der Waals surface area contributed by atoms with Crippen molar-refractivity contribution in [1.29, 1.82) is 0 Å². The molecule has 0 heterocycles. The number of hydrogen-bond donors (Lipinski definition) is 0. The fraction of sp³-hybridized carbons (Fsp3) is 0.143. The smallest absolute Gasteiger partial charge is 0.229 e. The zero-order chi connectivity index (χ0) is 14.9. The fourth-order valence-corrected chi connectivity index (χ4v) is 2.81. The Bertz CT molecular complexity index is 623. The van der Waals surface area contributed by atoms with Crippen LogP contribution in [0.25, 0.3) is 0 Å². The van der Waals surface area contributed by atoms with Gasteiger partial charge in [-0.2, -0.15) is 0 Å². The molecule has 6 heteroatoms. The number of carbonyl (C=O) groups excluding carboxylic acids is 2. The largest absolute Gasteiger partial charge is 0.293 e. The van der Waals surface area contributed by atoms with E-state index >= 15 is 0 Å². The van der Waals surface area contributed by atoms with E-state index in [0.717, 1.165) is 6.08 Å². The molecule has 1 aromatic rings. The second-order valence-electron chi connectivity index (χ2n) is 4.26. The summed E-state index contributed by atoms with van der Waals surface area (Å²) in [6.45, 7) is 0. The van der Waals surface area contributed by atoms with Crippen molar-refractivity contribution in [2.75, 3.05) is 0 Å². The van der Waals surface area contributed by atoms with Gasteiger partial charge in [0.05, 0.1) is 11.8 Å². The quantitative estimate of drug-likeness (QED) is 0.566. The molecule has 2 unspecified atom stereocenters. The number of halogens is 4. The van der Waals surface area contributed by atoms with Crippen LogP contribution in [0, 0.1) is 11.8 Å². The number of carbonyl (C=O) groups is 2. The Kier molecular flexibility index (Phi) is 4.78. The zero-order valence-electron chi connectivity index (χ0n) is 9.95. The van der Waals surface area contributed by atoms with E-state index in [1.165, 1.54) is 30.3 Å². The SMILES string of the molecule is O=C(Cl)C1C=C(Br)C=C(F)C1C(=O)c1ccc(Cl)cc1. The van der Waals surface area contributed by atoms with Gasteiger partial charge in [0.15, 0.2) is 5.78 Å². The number of rotatable bonds is 3. The van der Waals surface area contributed by atoms with Gasteiger partial charge in [-0.05, 0) is 41.9 Å². The highest BCUT2D eigenvalue weighted by atomic mass is 79.9. The third-order valence-corrected chi connectivity index (χ3v) is 3.94. The standard InChI is InChI=1S/C14H8BrCl2FO2/c15-8-5-10(14(17)20)12(11(18)6-8)13(19)7-1-3-9(16)4-2-7/h1-6,10,12H. The van der Waals surface area contributed by atoms with Gasteiger partial charge >= 0.3 is 0 Å². The Morgan fingerprint density at radius 1 is 1.20 bits per heavy atom. The first kappa shape index (κ1) is 15.4. The van der Waals surface area contributed by atoms with Crippen molar-refractivity contribution in [2.45, 2.75) is 0 Å². The fourth-order valence-electron chi connectivity index (χ4n) is 1.99. The lowest BCUT2D eigenvalue weighted by Gasteiger charge is -2.23. The molecule has 0 saturated heterocycles. The molecule has 2 nitrogen and oxygen atoms in total. The Morgan fingerprint density at radius 3 is 2.35 bits per heavy atom. The highest BCUT2D eigenvalue weighted by Gasteiger charge is 2.37. The average molecular weight is 378 g/mol. The summed E-state index contributed by atoms with van der Waals surface area (Å²) in [5.74, 6) is -3.47. The molecule has 0 fully saturated rings. The highest BCUT2D eigenvalue weighted by molar-refractivity contribution is 9.11. The first-order valence-electron chi connectivity index (χ1n) is 5.63. The summed E-state index contributed by atoms with van der Waals surface area (Å²) in [7, 11) is 0. The van der Waals surface area contributed by atoms with E-state index in [-0.39, 0.29) is 5.56 Å². The normalized spacial score (nSPS) is 22.0. The van der Waals surface area contributed by atoms with E-state index in [0.29, 0.717) is 9.51 Å². The third-order valence-electron chi connectivity index (χ3n) is 2.94. The summed E-state index contributed by atoms with van der Waals surface area (Å²) in [5, 5.41) is -0.314. The van der Waals surface area contributed by atoms with Gasteiger partial charge in [0, 0.05) is 15.1 Å². The van der Waals surface area contributed by atoms with Crippen molar-refractivity contribution < 1.29 is 14.0 Å². The maximum Gasteiger partial charge on any atom is 0.229 e. The predicted octanol–water partition coefficient (Wildman–Crippen LogP) is 4.67. The number of ketones is 1. The highest BCUT2D eigenvalue weighted by Crippen LogP contribution is 2.36. The Morgan fingerprint density at radius 2 is 1.80 bits per heavy atom. The molecular formula is C14H8BrCl2FO2. The molecule has 0 spiro atoms. The van der Waals surface area contributed by atoms with Crippen molar-refractivity contribution in [3.05, 3.63) is 57.3 Å². The van der Waals surface area contributed by atoms with Gasteiger partial charge < -0.3 is 0 Å². The van der Waals surface area contributed by atoms with Crippen LogP contribution in [0.1, 0.15) is 10.4 Å². The van der Waals surface area contributed by atoms with Gasteiger partial charge in [0.25, 0.3) is 0 Å². The lowest BCUT2D eigenvalue weighted by molar-refractivity contribution is -0.114. The van der Waals surface area contributed by atoms with Gasteiger partial charge in [-0.15, -0.1) is 0 Å². The van der Waals surface area contributed by atoms with E-state index in [1.807, 2.05) is 0 Å². The van der Waals surface area contributed by atoms with Crippen LogP contribution in [0.5, 0.6) is 0 Å². The number of allylic oxidation sites excluding steroid dienone is 4. The van der Waals surface area contributed by atoms with E-state index < -0.39 is 28.7 Å². The Labute approximate surface area is 133 Å². The number of hydrogen-bond acceptors (Lipinski definition) is 2. The molecule has 2 atom stereocenters. The van der Waals surface area contributed by atoms with Crippen LogP contribution < -0.4 is 0 Å². The molecule has 0 bridgehead atoms. The minimum Gasteiger partial charge on any atom is -0.293 e. The molecule has 2 rings (SSSR count). The lowest BCUT2D eigenvalue weighted by Crippen LogP contribution is -2.29. The lowest BCUT2D eigenvalue weighted by atomic mass is 9.82. The van der Waals surface area contributed by atoms with Crippen molar-refractivity contribution in [3.63, 3.8) is 0 Å². The summed E-state index contributed by atoms with van der Waals surface area (Å²) < 4.78 is 14.4. The molecule has 0 saturated carbocycles. The molecule has 0 radical (unpaired) electrons. The van der Waals surface area contributed by atoms with Crippen molar-refractivity contribution in [3.8, 4) is 0 Å². The van der Waals surface area contributed by atoms with Crippen LogP contribution in [-0.4, -0.2) is 11.0 Å². The second kappa shape index (κ2) is 6.20. The molecule has 0 N–H and O–H groups in total. The van der Waals surface area contributed by atoms with Crippen LogP contribution in [-0.2, 0) is 4.79 Å². The van der Waals surface area contributed by atoms with E-state index in [2.05, 4.69) is 15.9 Å². The van der Waals surface area contributed by atoms with Crippen LogP contribution in [0.15, 0.2) is 46.7 Å².